The van der Waals surface area contributed by atoms with Crippen molar-refractivity contribution >= 4 is 11.0 Å². The molecule has 0 saturated heterocycles. The van der Waals surface area contributed by atoms with Gasteiger partial charge in [-0.05, 0) is 24.8 Å². The maximum absolute atomic E-state index is 6.08. The molecule has 5 nitrogen and oxygen atoms in total. The summed E-state index contributed by atoms with van der Waals surface area (Å²) in [4.78, 5) is 4.44. The quantitative estimate of drug-likeness (QED) is 0.788. The number of para-hydroxylation sites is 1. The highest BCUT2D eigenvalue weighted by Crippen LogP contribution is 2.33. The molecule has 4 rings (SSSR count). The summed E-state index contributed by atoms with van der Waals surface area (Å²) in [7, 11) is 0. The molecule has 5 heteroatoms. The molecule has 20 heavy (non-hydrogen) atoms. The van der Waals surface area contributed by atoms with Crippen LogP contribution in [0.25, 0.3) is 22.4 Å². The monoisotopic (exact) mass is 269 g/mol. The van der Waals surface area contributed by atoms with Crippen LogP contribution in [0.4, 0.5) is 0 Å². The first-order valence-corrected chi connectivity index (χ1v) is 6.86. The second kappa shape index (κ2) is 4.45. The third-order valence-corrected chi connectivity index (χ3v) is 3.83. The lowest BCUT2D eigenvalue weighted by Gasteiger charge is -2.04. The van der Waals surface area contributed by atoms with E-state index in [-0.39, 0.29) is 6.04 Å². The fourth-order valence-electron chi connectivity index (χ4n) is 2.49. The van der Waals surface area contributed by atoms with Gasteiger partial charge in [0.1, 0.15) is 11.8 Å². The minimum atomic E-state index is 0.129. The molecule has 2 aromatic heterocycles. The van der Waals surface area contributed by atoms with Gasteiger partial charge in [0, 0.05) is 17.8 Å². The average Bonchev–Trinajstić information content (AvgIpc) is 3.08. The minimum Gasteiger partial charge on any atom is -0.464 e. The maximum atomic E-state index is 6.08. The number of hydrogen-bond donors (Lipinski definition) is 1. The van der Waals surface area contributed by atoms with Crippen LogP contribution in [0.5, 0.6) is 0 Å². The van der Waals surface area contributed by atoms with Gasteiger partial charge in [0.25, 0.3) is 0 Å². The smallest absolute Gasteiger partial charge is 0.228 e. The zero-order valence-corrected chi connectivity index (χ0v) is 11.0. The van der Waals surface area contributed by atoms with Crippen molar-refractivity contribution < 1.29 is 8.94 Å². The molecule has 1 unspecified atom stereocenters. The average molecular weight is 269 g/mol. The van der Waals surface area contributed by atoms with Crippen molar-refractivity contribution in [1.82, 2.24) is 10.1 Å². The Hall–Kier alpha value is -2.14. The lowest BCUT2D eigenvalue weighted by atomic mass is 10.1. The SMILES string of the molecule is NC(Cc1nc(-c2coc3ccccc23)no1)C1CC1. The normalized spacial score (nSPS) is 16.6. The standard InChI is InChI=1S/C15H15N3O2/c16-12(9-5-6-9)7-14-17-15(18-20-14)11-8-19-13-4-2-1-3-10(11)13/h1-4,8-9,12H,5-7,16H2. The van der Waals surface area contributed by atoms with E-state index in [0.717, 1.165) is 16.5 Å². The van der Waals surface area contributed by atoms with E-state index in [9.17, 15) is 0 Å². The van der Waals surface area contributed by atoms with Crippen LogP contribution < -0.4 is 5.73 Å². The lowest BCUT2D eigenvalue weighted by Crippen LogP contribution is -2.25. The molecule has 1 aliphatic carbocycles. The molecule has 1 aromatic carbocycles. The van der Waals surface area contributed by atoms with Gasteiger partial charge >= 0.3 is 0 Å². The van der Waals surface area contributed by atoms with Crippen molar-refractivity contribution in [2.24, 2.45) is 11.7 Å². The predicted molar refractivity (Wildman–Crippen MR) is 73.9 cm³/mol. The Bertz CT molecular complexity index is 742. The largest absolute Gasteiger partial charge is 0.464 e. The van der Waals surface area contributed by atoms with Crippen LogP contribution in [0.3, 0.4) is 0 Å². The third-order valence-electron chi connectivity index (χ3n) is 3.83. The molecule has 1 aliphatic rings. The van der Waals surface area contributed by atoms with Gasteiger partial charge in [-0.25, -0.2) is 0 Å². The number of nitrogens with zero attached hydrogens (tertiary/aromatic N) is 2. The number of aromatic nitrogens is 2. The second-order valence-electron chi connectivity index (χ2n) is 5.36. The highest BCUT2D eigenvalue weighted by atomic mass is 16.5. The summed E-state index contributed by atoms with van der Waals surface area (Å²) in [6.07, 6.45) is 4.75. The maximum Gasteiger partial charge on any atom is 0.228 e. The Morgan fingerprint density at radius 3 is 3.00 bits per heavy atom. The van der Waals surface area contributed by atoms with Crippen LogP contribution in [-0.2, 0) is 6.42 Å². The summed E-state index contributed by atoms with van der Waals surface area (Å²) < 4.78 is 10.8. The molecule has 2 N–H and O–H groups in total. The molecule has 0 aliphatic heterocycles. The van der Waals surface area contributed by atoms with Crippen molar-refractivity contribution in [3.05, 3.63) is 36.4 Å². The van der Waals surface area contributed by atoms with Crippen LogP contribution in [-0.4, -0.2) is 16.2 Å². The highest BCUT2D eigenvalue weighted by molar-refractivity contribution is 5.91. The summed E-state index contributed by atoms with van der Waals surface area (Å²) in [5.74, 6) is 1.79. The molecule has 0 bridgehead atoms. The van der Waals surface area contributed by atoms with E-state index in [4.69, 9.17) is 14.7 Å². The van der Waals surface area contributed by atoms with Crippen molar-refractivity contribution in [2.45, 2.75) is 25.3 Å². The van der Waals surface area contributed by atoms with E-state index >= 15 is 0 Å². The summed E-state index contributed by atoms with van der Waals surface area (Å²) >= 11 is 0. The van der Waals surface area contributed by atoms with Crippen LogP contribution in [0.1, 0.15) is 18.7 Å². The molecule has 0 spiro atoms. The molecular formula is C15H15N3O2. The van der Waals surface area contributed by atoms with Crippen molar-refractivity contribution in [2.75, 3.05) is 0 Å². The van der Waals surface area contributed by atoms with E-state index in [1.165, 1.54) is 12.8 Å². The molecule has 0 amide bonds. The van der Waals surface area contributed by atoms with E-state index in [0.29, 0.717) is 24.1 Å². The first-order chi connectivity index (χ1) is 9.81. The molecule has 1 fully saturated rings. The Morgan fingerprint density at radius 1 is 1.30 bits per heavy atom. The molecular weight excluding hydrogens is 254 g/mol. The van der Waals surface area contributed by atoms with Gasteiger partial charge in [-0.3, -0.25) is 0 Å². The zero-order chi connectivity index (χ0) is 13.5. The zero-order valence-electron chi connectivity index (χ0n) is 11.0. The number of benzene rings is 1. The van der Waals surface area contributed by atoms with Gasteiger partial charge in [0.2, 0.25) is 11.7 Å². The highest BCUT2D eigenvalue weighted by Gasteiger charge is 2.30. The summed E-state index contributed by atoms with van der Waals surface area (Å²) in [6.45, 7) is 0. The van der Waals surface area contributed by atoms with Gasteiger partial charge in [-0.2, -0.15) is 4.98 Å². The van der Waals surface area contributed by atoms with Crippen LogP contribution in [0.2, 0.25) is 0 Å². The van der Waals surface area contributed by atoms with E-state index < -0.39 is 0 Å². The lowest BCUT2D eigenvalue weighted by molar-refractivity contribution is 0.364. The first kappa shape index (κ1) is 11.7. The van der Waals surface area contributed by atoms with Crippen LogP contribution in [0.15, 0.2) is 39.5 Å². The van der Waals surface area contributed by atoms with Gasteiger partial charge in [0.15, 0.2) is 0 Å². The molecule has 3 aromatic rings. The summed E-state index contributed by atoms with van der Waals surface area (Å²) in [6, 6.07) is 7.93. The van der Waals surface area contributed by atoms with Gasteiger partial charge in [-0.15, -0.1) is 0 Å². The van der Waals surface area contributed by atoms with Gasteiger partial charge < -0.3 is 14.7 Å². The topological polar surface area (TPSA) is 78.1 Å². The summed E-state index contributed by atoms with van der Waals surface area (Å²) in [5, 5.41) is 5.03. The molecule has 1 atom stereocenters. The fraction of sp³-hybridized carbons (Fsp3) is 0.333. The number of furan rings is 1. The van der Waals surface area contributed by atoms with Gasteiger partial charge in [0.05, 0.1) is 5.56 Å². The van der Waals surface area contributed by atoms with Crippen molar-refractivity contribution in [3.63, 3.8) is 0 Å². The van der Waals surface area contributed by atoms with Gasteiger partial charge in [-0.1, -0.05) is 23.4 Å². The molecule has 2 heterocycles. The first-order valence-electron chi connectivity index (χ1n) is 6.86. The van der Waals surface area contributed by atoms with Crippen LogP contribution in [0, 0.1) is 5.92 Å². The number of rotatable bonds is 4. The van der Waals surface area contributed by atoms with Crippen LogP contribution >= 0.6 is 0 Å². The molecule has 102 valence electrons. The van der Waals surface area contributed by atoms with E-state index in [2.05, 4.69) is 10.1 Å². The minimum absolute atomic E-state index is 0.129. The number of hydrogen-bond acceptors (Lipinski definition) is 5. The molecule has 1 saturated carbocycles. The Kier molecular flexibility index (Phi) is 2.60. The Labute approximate surface area is 115 Å². The van der Waals surface area contributed by atoms with Crippen molar-refractivity contribution in [3.8, 4) is 11.4 Å². The van der Waals surface area contributed by atoms with Crippen molar-refractivity contribution in [1.29, 1.82) is 0 Å². The predicted octanol–water partition coefficient (Wildman–Crippen LogP) is 2.76. The second-order valence-corrected chi connectivity index (χ2v) is 5.36. The Morgan fingerprint density at radius 2 is 2.15 bits per heavy atom. The Balaban J connectivity index is 1.63. The van der Waals surface area contributed by atoms with E-state index in [1.807, 2.05) is 24.3 Å². The third kappa shape index (κ3) is 2.00. The fourth-order valence-corrected chi connectivity index (χ4v) is 2.49. The van der Waals surface area contributed by atoms with E-state index in [1.54, 1.807) is 6.26 Å². The molecule has 0 radical (unpaired) electrons. The summed E-state index contributed by atoms with van der Waals surface area (Å²) in [5.41, 5.74) is 7.76. The number of fused-ring (bicyclic) bond motifs is 1. The number of nitrogens with two attached hydrogens (primary N) is 1.